The SMILES string of the molecule is C[C@@H](c1ccccc1)[C@@H](O)/C=C/[C@@H]1[C@H](C/C=C\CCCc2nn[nH]n2)[C@H]2CC[C@@H]1O2. The Bertz CT molecular complexity index is 821. The molecule has 0 radical (unpaired) electrons. The van der Waals surface area contributed by atoms with Crippen molar-refractivity contribution in [3.8, 4) is 0 Å². The molecule has 2 aliphatic heterocycles. The third-order valence-electron chi connectivity index (χ3n) is 6.59. The number of aryl methyl sites for hydroxylation is 1. The number of tetrazole rings is 1. The van der Waals surface area contributed by atoms with Crippen molar-refractivity contribution in [3.05, 3.63) is 66.0 Å². The van der Waals surface area contributed by atoms with Gasteiger partial charge in [-0.05, 0) is 43.6 Å². The van der Waals surface area contributed by atoms with E-state index in [0.717, 1.165) is 44.3 Å². The lowest BCUT2D eigenvalue weighted by Crippen LogP contribution is -2.26. The Labute approximate surface area is 178 Å². The van der Waals surface area contributed by atoms with Crippen LogP contribution in [0.25, 0.3) is 0 Å². The summed E-state index contributed by atoms with van der Waals surface area (Å²) in [6, 6.07) is 10.2. The predicted octanol–water partition coefficient (Wildman–Crippen LogP) is 3.98. The molecule has 0 aliphatic carbocycles. The van der Waals surface area contributed by atoms with Gasteiger partial charge in [0.1, 0.15) is 0 Å². The van der Waals surface area contributed by atoms with E-state index in [1.165, 1.54) is 5.56 Å². The van der Waals surface area contributed by atoms with Crippen LogP contribution in [0.1, 0.15) is 56.3 Å². The summed E-state index contributed by atoms with van der Waals surface area (Å²) >= 11 is 0. The van der Waals surface area contributed by atoms with Crippen molar-refractivity contribution in [1.82, 2.24) is 20.6 Å². The van der Waals surface area contributed by atoms with E-state index >= 15 is 0 Å². The maximum Gasteiger partial charge on any atom is 0.174 e. The van der Waals surface area contributed by atoms with Crippen LogP contribution in [-0.4, -0.2) is 44.0 Å². The number of aliphatic hydroxyl groups excluding tert-OH is 1. The molecule has 0 amide bonds. The van der Waals surface area contributed by atoms with Crippen molar-refractivity contribution >= 4 is 0 Å². The third-order valence-corrected chi connectivity index (χ3v) is 6.59. The van der Waals surface area contributed by atoms with Crippen molar-refractivity contribution in [2.45, 2.75) is 69.7 Å². The van der Waals surface area contributed by atoms with Gasteiger partial charge in [-0.25, -0.2) is 0 Å². The molecule has 6 atom stereocenters. The molecule has 3 heterocycles. The van der Waals surface area contributed by atoms with Gasteiger partial charge in [0.25, 0.3) is 0 Å². The summed E-state index contributed by atoms with van der Waals surface area (Å²) in [4.78, 5) is 0. The Morgan fingerprint density at radius 2 is 2.03 bits per heavy atom. The van der Waals surface area contributed by atoms with Crippen molar-refractivity contribution in [2.24, 2.45) is 11.8 Å². The monoisotopic (exact) mass is 408 g/mol. The number of aromatic nitrogens is 4. The largest absolute Gasteiger partial charge is 0.388 e. The van der Waals surface area contributed by atoms with Crippen molar-refractivity contribution < 1.29 is 9.84 Å². The number of hydrogen-bond donors (Lipinski definition) is 2. The Hall–Kier alpha value is -2.31. The van der Waals surface area contributed by atoms with Gasteiger partial charge in [0.05, 0.1) is 18.3 Å². The van der Waals surface area contributed by atoms with Gasteiger partial charge in [0.15, 0.2) is 5.82 Å². The van der Waals surface area contributed by atoms with E-state index in [9.17, 15) is 5.11 Å². The average Bonchev–Trinajstić information content (AvgIpc) is 3.53. The van der Waals surface area contributed by atoms with Crippen LogP contribution >= 0.6 is 0 Å². The highest BCUT2D eigenvalue weighted by Gasteiger charge is 2.46. The van der Waals surface area contributed by atoms with E-state index in [1.54, 1.807) is 0 Å². The van der Waals surface area contributed by atoms with Crippen LogP contribution in [0.5, 0.6) is 0 Å². The first-order valence-corrected chi connectivity index (χ1v) is 11.2. The minimum absolute atomic E-state index is 0.0829. The Balaban J connectivity index is 1.28. The summed E-state index contributed by atoms with van der Waals surface area (Å²) < 4.78 is 6.21. The quantitative estimate of drug-likeness (QED) is 0.459. The van der Waals surface area contributed by atoms with Crippen LogP contribution in [0.3, 0.4) is 0 Å². The number of aliphatic hydroxyl groups is 1. The number of nitrogens with one attached hydrogen (secondary N) is 1. The zero-order valence-corrected chi connectivity index (χ0v) is 17.6. The minimum atomic E-state index is -0.479. The van der Waals surface area contributed by atoms with Gasteiger partial charge in [-0.2, -0.15) is 5.21 Å². The number of H-pyrrole nitrogens is 1. The number of hydrogen-bond acceptors (Lipinski definition) is 5. The van der Waals surface area contributed by atoms with E-state index in [4.69, 9.17) is 4.74 Å². The molecule has 30 heavy (non-hydrogen) atoms. The van der Waals surface area contributed by atoms with Crippen LogP contribution in [0, 0.1) is 11.8 Å². The smallest absolute Gasteiger partial charge is 0.174 e. The number of aromatic amines is 1. The number of ether oxygens (including phenoxy) is 1. The molecule has 2 aliphatic rings. The highest BCUT2D eigenvalue weighted by molar-refractivity contribution is 5.22. The van der Waals surface area contributed by atoms with E-state index in [1.807, 2.05) is 24.3 Å². The highest BCUT2D eigenvalue weighted by atomic mass is 16.5. The second kappa shape index (κ2) is 10.1. The van der Waals surface area contributed by atoms with Crippen molar-refractivity contribution in [1.29, 1.82) is 0 Å². The first-order valence-electron chi connectivity index (χ1n) is 11.2. The molecule has 160 valence electrons. The fourth-order valence-electron chi connectivity index (χ4n) is 4.79. The standard InChI is InChI=1S/C24H32N4O2/c1-17(18-9-5-4-6-10-18)21(29)14-13-20-19(22-15-16-23(20)30-22)11-7-2-3-8-12-24-25-27-28-26-24/h2,4-7,9-10,13-14,17,19-23,29H,3,8,11-12,15-16H2,1H3,(H,25,26,27,28)/b7-2-,14-13+/t17-,19-,20+,21-,22+,23-/m0/s1. The molecule has 1 aromatic carbocycles. The Morgan fingerprint density at radius 1 is 1.20 bits per heavy atom. The molecular formula is C24H32N4O2. The van der Waals surface area contributed by atoms with E-state index in [0.29, 0.717) is 24.0 Å². The van der Waals surface area contributed by atoms with Crippen LogP contribution < -0.4 is 0 Å². The van der Waals surface area contributed by atoms with Gasteiger partial charge < -0.3 is 9.84 Å². The topological polar surface area (TPSA) is 83.9 Å². The van der Waals surface area contributed by atoms with Gasteiger partial charge >= 0.3 is 0 Å². The second-order valence-corrected chi connectivity index (χ2v) is 8.53. The molecule has 2 bridgehead atoms. The average molecular weight is 409 g/mol. The first kappa shape index (κ1) is 20.9. The van der Waals surface area contributed by atoms with Gasteiger partial charge in [-0.1, -0.05) is 66.8 Å². The summed E-state index contributed by atoms with van der Waals surface area (Å²) in [7, 11) is 0. The van der Waals surface area contributed by atoms with Gasteiger partial charge in [0, 0.05) is 18.3 Å². The zero-order chi connectivity index (χ0) is 20.8. The predicted molar refractivity (Wildman–Crippen MR) is 116 cm³/mol. The minimum Gasteiger partial charge on any atom is -0.388 e. The molecule has 0 unspecified atom stereocenters. The highest BCUT2D eigenvalue weighted by Crippen LogP contribution is 2.46. The van der Waals surface area contributed by atoms with E-state index < -0.39 is 6.10 Å². The molecule has 2 aromatic rings. The van der Waals surface area contributed by atoms with Crippen LogP contribution in [0.15, 0.2) is 54.6 Å². The summed E-state index contributed by atoms with van der Waals surface area (Å²) in [6.07, 6.45) is 15.2. The fourth-order valence-corrected chi connectivity index (χ4v) is 4.79. The molecule has 1 aromatic heterocycles. The summed E-state index contributed by atoms with van der Waals surface area (Å²) in [5, 5.41) is 24.7. The summed E-state index contributed by atoms with van der Waals surface area (Å²) in [6.45, 7) is 2.08. The number of benzene rings is 1. The van der Waals surface area contributed by atoms with Gasteiger partial charge in [-0.3, -0.25) is 0 Å². The Kier molecular flexibility index (Phi) is 7.07. The number of nitrogens with zero attached hydrogens (tertiary/aromatic N) is 3. The maximum absolute atomic E-state index is 10.7. The van der Waals surface area contributed by atoms with Crippen LogP contribution in [-0.2, 0) is 11.2 Å². The molecule has 2 N–H and O–H groups in total. The molecule has 4 rings (SSSR count). The van der Waals surface area contributed by atoms with E-state index in [-0.39, 0.29) is 5.92 Å². The molecule has 0 spiro atoms. The number of allylic oxidation sites excluding steroid dienone is 2. The summed E-state index contributed by atoms with van der Waals surface area (Å²) in [5.41, 5.74) is 1.17. The second-order valence-electron chi connectivity index (χ2n) is 8.53. The van der Waals surface area contributed by atoms with Gasteiger partial charge in [-0.15, -0.1) is 10.2 Å². The van der Waals surface area contributed by atoms with Crippen LogP contribution in [0.2, 0.25) is 0 Å². The molecule has 0 saturated carbocycles. The summed E-state index contributed by atoms with van der Waals surface area (Å²) in [5.74, 6) is 1.76. The lowest BCUT2D eigenvalue weighted by atomic mass is 9.77. The lowest BCUT2D eigenvalue weighted by molar-refractivity contribution is 0.0899. The molecule has 2 fully saturated rings. The van der Waals surface area contributed by atoms with Crippen molar-refractivity contribution in [2.75, 3.05) is 0 Å². The first-order chi connectivity index (χ1) is 14.7. The molecule has 2 saturated heterocycles. The van der Waals surface area contributed by atoms with Gasteiger partial charge in [0.2, 0.25) is 0 Å². The molecule has 6 heteroatoms. The molecule has 6 nitrogen and oxygen atoms in total. The number of fused-ring (bicyclic) bond motifs is 2. The zero-order valence-electron chi connectivity index (χ0n) is 17.6. The van der Waals surface area contributed by atoms with Crippen LogP contribution in [0.4, 0.5) is 0 Å². The number of unbranched alkanes of at least 4 members (excludes halogenated alkanes) is 1. The number of rotatable bonds is 10. The van der Waals surface area contributed by atoms with E-state index in [2.05, 4.69) is 57.9 Å². The Morgan fingerprint density at radius 3 is 2.83 bits per heavy atom. The van der Waals surface area contributed by atoms with Crippen molar-refractivity contribution in [3.63, 3.8) is 0 Å². The molecular weight excluding hydrogens is 376 g/mol. The normalized spacial score (nSPS) is 27.9. The maximum atomic E-state index is 10.7. The fraction of sp³-hybridized carbons (Fsp3) is 0.542. The lowest BCUT2D eigenvalue weighted by Gasteiger charge is -2.25. The third kappa shape index (κ3) is 5.05.